The molecule has 9 nitrogen and oxygen atoms in total. The smallest absolute Gasteiger partial charge is 0.289 e. The number of piperidine rings is 1. The molecule has 1 amide bonds. The van der Waals surface area contributed by atoms with E-state index in [1.807, 2.05) is 6.07 Å². The molecule has 1 aromatic carbocycles. The quantitative estimate of drug-likeness (QED) is 0.466. The Kier molecular flexibility index (Phi) is 7.06. The fraction of sp³-hybridized carbons (Fsp3) is 0.407. The molecule has 3 aromatic rings. The van der Waals surface area contributed by atoms with Gasteiger partial charge in [-0.3, -0.25) is 14.2 Å². The number of likely N-dealkylation sites (tertiary alicyclic amines) is 1. The summed E-state index contributed by atoms with van der Waals surface area (Å²) in [4.78, 5) is 36.8. The van der Waals surface area contributed by atoms with Gasteiger partial charge in [0.25, 0.3) is 11.5 Å². The number of amides is 1. The van der Waals surface area contributed by atoms with Gasteiger partial charge in [0.15, 0.2) is 5.56 Å². The number of rotatable bonds is 7. The molecule has 5 rings (SSSR count). The minimum absolute atomic E-state index is 0.232. The summed E-state index contributed by atoms with van der Waals surface area (Å²) in [7, 11) is 3.02. The van der Waals surface area contributed by atoms with E-state index in [1.165, 1.54) is 18.8 Å². The number of aromatic nitrogens is 3. The molecule has 37 heavy (non-hydrogen) atoms. The van der Waals surface area contributed by atoms with Gasteiger partial charge in [-0.05, 0) is 61.3 Å². The van der Waals surface area contributed by atoms with Crippen molar-refractivity contribution < 1.29 is 19.4 Å². The topological polar surface area (TPSA) is 107 Å². The van der Waals surface area contributed by atoms with Crippen LogP contribution in [0.3, 0.4) is 0 Å². The Morgan fingerprint density at radius 1 is 1.08 bits per heavy atom. The average Bonchev–Trinajstić information content (AvgIpc) is 3.73. The van der Waals surface area contributed by atoms with Crippen LogP contribution in [0.2, 0.25) is 5.15 Å². The van der Waals surface area contributed by atoms with E-state index in [2.05, 4.69) is 9.97 Å². The molecule has 2 aromatic heterocycles. The van der Waals surface area contributed by atoms with Gasteiger partial charge in [-0.1, -0.05) is 23.7 Å². The molecular formula is C27H29ClN4O5. The van der Waals surface area contributed by atoms with Gasteiger partial charge >= 0.3 is 0 Å². The van der Waals surface area contributed by atoms with E-state index in [0.29, 0.717) is 66.4 Å². The summed E-state index contributed by atoms with van der Waals surface area (Å²) in [5.41, 5.74) is 0.388. The summed E-state index contributed by atoms with van der Waals surface area (Å²) < 4.78 is 12.6. The Morgan fingerprint density at radius 2 is 1.76 bits per heavy atom. The lowest BCUT2D eigenvalue weighted by atomic mass is 9.90. The van der Waals surface area contributed by atoms with E-state index in [4.69, 9.17) is 21.1 Å². The maximum atomic E-state index is 13.6. The van der Waals surface area contributed by atoms with E-state index in [0.717, 1.165) is 18.4 Å². The highest BCUT2D eigenvalue weighted by atomic mass is 35.5. The molecule has 194 valence electrons. The van der Waals surface area contributed by atoms with Crippen molar-refractivity contribution in [2.24, 2.45) is 5.92 Å². The Morgan fingerprint density at radius 3 is 2.32 bits per heavy atom. The van der Waals surface area contributed by atoms with Crippen LogP contribution >= 0.6 is 11.6 Å². The molecule has 10 heteroatoms. The van der Waals surface area contributed by atoms with E-state index < -0.39 is 17.3 Å². The van der Waals surface area contributed by atoms with E-state index in [9.17, 15) is 14.7 Å². The van der Waals surface area contributed by atoms with Crippen molar-refractivity contribution >= 4 is 17.5 Å². The van der Waals surface area contributed by atoms with Crippen LogP contribution < -0.4 is 15.0 Å². The zero-order chi connectivity index (χ0) is 26.1. The number of hydrogen-bond acceptors (Lipinski definition) is 7. The number of hydrogen-bond donors (Lipinski definition) is 1. The first-order valence-electron chi connectivity index (χ1n) is 12.4. The summed E-state index contributed by atoms with van der Waals surface area (Å²) in [5.74, 6) is 0.840. The van der Waals surface area contributed by atoms with Crippen LogP contribution in [-0.4, -0.2) is 57.8 Å². The molecule has 0 unspecified atom stereocenters. The maximum absolute atomic E-state index is 13.6. The number of para-hydroxylation sites is 1. The van der Waals surface area contributed by atoms with Crippen LogP contribution in [-0.2, 0) is 6.42 Å². The van der Waals surface area contributed by atoms with E-state index >= 15 is 0 Å². The third-order valence-electron chi connectivity index (χ3n) is 7.15. The largest absolute Gasteiger partial charge is 0.494 e. The number of benzene rings is 1. The van der Waals surface area contributed by atoms with Gasteiger partial charge in [0.05, 0.1) is 14.2 Å². The highest BCUT2D eigenvalue weighted by molar-refractivity contribution is 6.29. The Bertz CT molecular complexity index is 1340. The molecule has 1 aliphatic heterocycles. The minimum Gasteiger partial charge on any atom is -0.494 e. The van der Waals surface area contributed by atoms with Crippen LogP contribution in [0.1, 0.15) is 53.3 Å². The number of pyridine rings is 1. The lowest BCUT2D eigenvalue weighted by Gasteiger charge is -2.32. The third kappa shape index (κ3) is 5.00. The summed E-state index contributed by atoms with van der Waals surface area (Å²) in [6.07, 6.45) is 5.73. The van der Waals surface area contributed by atoms with Gasteiger partial charge in [-0.2, -0.15) is 4.98 Å². The van der Waals surface area contributed by atoms with Crippen LogP contribution in [0.4, 0.5) is 0 Å². The molecule has 1 aliphatic carbocycles. The molecule has 0 spiro atoms. The van der Waals surface area contributed by atoms with Crippen LogP contribution in [0, 0.1) is 5.92 Å². The zero-order valence-electron chi connectivity index (χ0n) is 20.8. The van der Waals surface area contributed by atoms with Crippen molar-refractivity contribution in [3.8, 4) is 23.1 Å². The van der Waals surface area contributed by atoms with Crippen LogP contribution in [0.15, 0.2) is 41.3 Å². The predicted molar refractivity (Wildman–Crippen MR) is 138 cm³/mol. The standard InChI is InChI=1S/C27H29ClN4O5/c1-36-19-4-3-5-20(37-2)24(19)32-22(14-16-6-7-16)30-25(33)23(27(32)35)26(34)31-12-10-17(11-13-31)18-8-9-21(28)29-15-18/h3-5,8-9,15-17,35H,6-7,10-14H2,1-2H3. The molecule has 0 bridgehead atoms. The third-order valence-corrected chi connectivity index (χ3v) is 7.37. The van der Waals surface area contributed by atoms with Crippen LogP contribution in [0.25, 0.3) is 5.69 Å². The lowest BCUT2D eigenvalue weighted by Crippen LogP contribution is -2.41. The lowest BCUT2D eigenvalue weighted by molar-refractivity contribution is 0.0706. The van der Waals surface area contributed by atoms with Crippen molar-refractivity contribution in [3.05, 3.63) is 69.0 Å². The monoisotopic (exact) mass is 524 g/mol. The van der Waals surface area contributed by atoms with Crippen molar-refractivity contribution in [3.63, 3.8) is 0 Å². The summed E-state index contributed by atoms with van der Waals surface area (Å²) in [6, 6.07) is 8.94. The number of aromatic hydroxyl groups is 1. The first-order chi connectivity index (χ1) is 17.9. The van der Waals surface area contributed by atoms with Gasteiger partial charge in [0, 0.05) is 25.7 Å². The van der Waals surface area contributed by atoms with Crippen molar-refractivity contribution in [2.45, 2.75) is 38.0 Å². The van der Waals surface area contributed by atoms with Crippen molar-refractivity contribution in [1.29, 1.82) is 0 Å². The second-order valence-corrected chi connectivity index (χ2v) is 9.89. The number of methoxy groups -OCH3 is 2. The van der Waals surface area contributed by atoms with Gasteiger partial charge in [0.1, 0.15) is 28.2 Å². The molecule has 3 heterocycles. The molecule has 2 aliphatic rings. The average molecular weight is 525 g/mol. The van der Waals surface area contributed by atoms with Crippen molar-refractivity contribution in [2.75, 3.05) is 27.3 Å². The van der Waals surface area contributed by atoms with Crippen LogP contribution in [0.5, 0.6) is 17.4 Å². The fourth-order valence-corrected chi connectivity index (χ4v) is 5.06. The van der Waals surface area contributed by atoms with Gasteiger partial charge < -0.3 is 19.5 Å². The van der Waals surface area contributed by atoms with Gasteiger partial charge in [0.2, 0.25) is 5.88 Å². The predicted octanol–water partition coefficient (Wildman–Crippen LogP) is 3.98. The molecule has 1 saturated carbocycles. The van der Waals surface area contributed by atoms with E-state index in [1.54, 1.807) is 35.4 Å². The normalized spacial score (nSPS) is 16.0. The SMILES string of the molecule is COc1cccc(OC)c1-n1c(CC2CC2)nc(=O)c(C(=O)N2CCC(c3ccc(Cl)nc3)CC2)c1O. The Balaban J connectivity index is 1.50. The zero-order valence-corrected chi connectivity index (χ0v) is 21.6. The minimum atomic E-state index is -0.729. The highest BCUT2D eigenvalue weighted by Gasteiger charge is 2.33. The molecule has 0 atom stereocenters. The second-order valence-electron chi connectivity index (χ2n) is 9.51. The molecule has 1 N–H and O–H groups in total. The molecular weight excluding hydrogens is 496 g/mol. The number of nitrogens with zero attached hydrogens (tertiary/aromatic N) is 4. The number of ether oxygens (including phenoxy) is 2. The summed E-state index contributed by atoms with van der Waals surface area (Å²) in [5, 5.41) is 11.9. The number of halogens is 1. The molecule has 0 radical (unpaired) electrons. The van der Waals surface area contributed by atoms with E-state index in [-0.39, 0.29) is 11.5 Å². The molecule has 2 fully saturated rings. The summed E-state index contributed by atoms with van der Waals surface area (Å²) >= 11 is 5.91. The Labute approximate surface area is 219 Å². The number of carbonyl (C=O) groups is 1. The summed E-state index contributed by atoms with van der Waals surface area (Å²) in [6.45, 7) is 0.875. The van der Waals surface area contributed by atoms with Gasteiger partial charge in [-0.25, -0.2) is 4.98 Å². The Hall–Kier alpha value is -3.59. The van der Waals surface area contributed by atoms with Crippen molar-refractivity contribution in [1.82, 2.24) is 19.4 Å². The highest BCUT2D eigenvalue weighted by Crippen LogP contribution is 2.39. The molecule has 1 saturated heterocycles. The first kappa shape index (κ1) is 25.1. The maximum Gasteiger partial charge on any atom is 0.289 e. The van der Waals surface area contributed by atoms with Gasteiger partial charge in [-0.15, -0.1) is 0 Å². The second kappa shape index (κ2) is 10.4. The first-order valence-corrected chi connectivity index (χ1v) is 12.8. The fourth-order valence-electron chi connectivity index (χ4n) is 4.95. The number of carbonyl (C=O) groups excluding carboxylic acids is 1.